The third-order valence-electron chi connectivity index (χ3n) is 2.58. The lowest BCUT2D eigenvalue weighted by atomic mass is 10.2. The standard InChI is InChI=1S/C13H19NO3S/c1-4-13(15)14-11(3)9-18(16,17)12-7-5-10(2)6-8-12/h5-8,11H,4,9H2,1-3H3,(H,14,15)/t11-/m0/s1. The maximum absolute atomic E-state index is 12.1. The molecule has 0 bridgehead atoms. The van der Waals surface area contributed by atoms with E-state index in [0.717, 1.165) is 5.56 Å². The summed E-state index contributed by atoms with van der Waals surface area (Å²) in [6.45, 7) is 5.33. The summed E-state index contributed by atoms with van der Waals surface area (Å²) >= 11 is 0. The fraction of sp³-hybridized carbons (Fsp3) is 0.462. The largest absolute Gasteiger partial charge is 0.353 e. The van der Waals surface area contributed by atoms with Crippen molar-refractivity contribution in [2.45, 2.75) is 38.1 Å². The van der Waals surface area contributed by atoms with Crippen molar-refractivity contribution in [3.63, 3.8) is 0 Å². The monoisotopic (exact) mass is 269 g/mol. The minimum absolute atomic E-state index is 0.0815. The molecule has 1 atom stereocenters. The molecule has 0 radical (unpaired) electrons. The molecule has 1 aromatic carbocycles. The average Bonchev–Trinajstić information content (AvgIpc) is 2.28. The fourth-order valence-corrected chi connectivity index (χ4v) is 3.07. The molecule has 0 saturated carbocycles. The van der Waals surface area contributed by atoms with Crippen molar-refractivity contribution in [2.24, 2.45) is 0 Å². The summed E-state index contributed by atoms with van der Waals surface area (Å²) in [7, 11) is -3.34. The lowest BCUT2D eigenvalue weighted by Crippen LogP contribution is -2.37. The second kappa shape index (κ2) is 6.00. The van der Waals surface area contributed by atoms with Crippen LogP contribution in [0.3, 0.4) is 0 Å². The SMILES string of the molecule is CCC(=O)N[C@@H](C)CS(=O)(=O)c1ccc(C)cc1. The van der Waals surface area contributed by atoms with Gasteiger partial charge in [0.05, 0.1) is 10.6 Å². The van der Waals surface area contributed by atoms with E-state index in [4.69, 9.17) is 0 Å². The Morgan fingerprint density at radius 3 is 2.33 bits per heavy atom. The molecule has 0 heterocycles. The van der Waals surface area contributed by atoms with E-state index in [1.807, 2.05) is 6.92 Å². The van der Waals surface area contributed by atoms with Crippen LogP contribution < -0.4 is 5.32 Å². The lowest BCUT2D eigenvalue weighted by Gasteiger charge is -2.13. The van der Waals surface area contributed by atoms with E-state index < -0.39 is 9.84 Å². The highest BCUT2D eigenvalue weighted by Crippen LogP contribution is 2.13. The van der Waals surface area contributed by atoms with E-state index in [2.05, 4.69) is 5.32 Å². The molecule has 1 N–H and O–H groups in total. The summed E-state index contributed by atoms with van der Waals surface area (Å²) in [4.78, 5) is 11.5. The Labute approximate surface area is 108 Å². The number of rotatable bonds is 5. The van der Waals surface area contributed by atoms with Gasteiger partial charge in [-0.05, 0) is 26.0 Å². The molecule has 0 aromatic heterocycles. The Hall–Kier alpha value is -1.36. The van der Waals surface area contributed by atoms with Gasteiger partial charge in [-0.25, -0.2) is 8.42 Å². The molecule has 1 rings (SSSR count). The topological polar surface area (TPSA) is 63.2 Å². The van der Waals surface area contributed by atoms with E-state index in [1.54, 1.807) is 38.1 Å². The molecule has 1 aromatic rings. The fourth-order valence-electron chi connectivity index (χ4n) is 1.59. The van der Waals surface area contributed by atoms with Gasteiger partial charge in [-0.15, -0.1) is 0 Å². The Kier molecular flexibility index (Phi) is 4.90. The molecule has 4 nitrogen and oxygen atoms in total. The number of sulfone groups is 1. The van der Waals surface area contributed by atoms with E-state index >= 15 is 0 Å². The molecular weight excluding hydrogens is 250 g/mol. The molecule has 0 spiro atoms. The minimum Gasteiger partial charge on any atom is -0.353 e. The Morgan fingerprint density at radius 2 is 1.83 bits per heavy atom. The number of carbonyl (C=O) groups excluding carboxylic acids is 1. The van der Waals surface area contributed by atoms with Crippen molar-refractivity contribution in [1.82, 2.24) is 5.32 Å². The second-order valence-corrected chi connectivity index (χ2v) is 6.45. The first-order valence-corrected chi connectivity index (χ1v) is 7.59. The van der Waals surface area contributed by atoms with Crippen LogP contribution in [0.4, 0.5) is 0 Å². The van der Waals surface area contributed by atoms with E-state index in [-0.39, 0.29) is 17.7 Å². The summed E-state index contributed by atoms with van der Waals surface area (Å²) in [5.74, 6) is -0.219. The predicted molar refractivity (Wildman–Crippen MR) is 71.1 cm³/mol. The number of amides is 1. The number of nitrogens with one attached hydrogen (secondary N) is 1. The van der Waals surface area contributed by atoms with Gasteiger partial charge in [0.25, 0.3) is 0 Å². The van der Waals surface area contributed by atoms with Gasteiger partial charge in [-0.3, -0.25) is 4.79 Å². The Morgan fingerprint density at radius 1 is 1.28 bits per heavy atom. The summed E-state index contributed by atoms with van der Waals surface area (Å²) in [6, 6.07) is 6.34. The molecule has 0 aliphatic heterocycles. The maximum Gasteiger partial charge on any atom is 0.219 e. The van der Waals surface area contributed by atoms with Gasteiger partial charge in [-0.2, -0.15) is 0 Å². The average molecular weight is 269 g/mol. The molecule has 100 valence electrons. The molecule has 0 saturated heterocycles. The number of aryl methyl sites for hydroxylation is 1. The molecule has 18 heavy (non-hydrogen) atoms. The highest BCUT2D eigenvalue weighted by molar-refractivity contribution is 7.91. The third kappa shape index (κ3) is 4.14. The number of benzene rings is 1. The van der Waals surface area contributed by atoms with Crippen molar-refractivity contribution in [2.75, 3.05) is 5.75 Å². The first kappa shape index (κ1) is 14.7. The van der Waals surface area contributed by atoms with Crippen molar-refractivity contribution >= 4 is 15.7 Å². The van der Waals surface area contributed by atoms with Crippen LogP contribution in [0.25, 0.3) is 0 Å². The molecule has 0 fully saturated rings. The normalized spacial score (nSPS) is 13.1. The number of hydrogen-bond acceptors (Lipinski definition) is 3. The lowest BCUT2D eigenvalue weighted by molar-refractivity contribution is -0.121. The minimum atomic E-state index is -3.34. The van der Waals surface area contributed by atoms with Crippen molar-refractivity contribution in [1.29, 1.82) is 0 Å². The Bertz CT molecular complexity index is 506. The zero-order valence-corrected chi connectivity index (χ0v) is 11.8. The molecular formula is C13H19NO3S. The number of carbonyl (C=O) groups is 1. The van der Waals surface area contributed by atoms with Gasteiger partial charge in [0, 0.05) is 12.5 Å². The van der Waals surface area contributed by atoms with Crippen LogP contribution in [0.5, 0.6) is 0 Å². The molecule has 1 amide bonds. The zero-order chi connectivity index (χ0) is 13.8. The highest BCUT2D eigenvalue weighted by atomic mass is 32.2. The summed E-state index contributed by atoms with van der Waals surface area (Å²) < 4.78 is 24.1. The maximum atomic E-state index is 12.1. The van der Waals surface area contributed by atoms with Gasteiger partial charge >= 0.3 is 0 Å². The van der Waals surface area contributed by atoms with Crippen LogP contribution in [-0.4, -0.2) is 26.1 Å². The smallest absolute Gasteiger partial charge is 0.219 e. The van der Waals surface area contributed by atoms with Crippen LogP contribution in [-0.2, 0) is 14.6 Å². The molecule has 5 heteroatoms. The summed E-state index contributed by atoms with van der Waals surface area (Å²) in [6.07, 6.45) is 0.356. The molecule has 0 aliphatic carbocycles. The Balaban J connectivity index is 2.76. The second-order valence-electron chi connectivity index (χ2n) is 4.42. The third-order valence-corrected chi connectivity index (χ3v) is 4.51. The van der Waals surface area contributed by atoms with Crippen molar-refractivity contribution < 1.29 is 13.2 Å². The van der Waals surface area contributed by atoms with Crippen LogP contribution >= 0.6 is 0 Å². The van der Waals surface area contributed by atoms with Gasteiger partial charge in [-0.1, -0.05) is 24.6 Å². The van der Waals surface area contributed by atoms with Crippen molar-refractivity contribution in [3.8, 4) is 0 Å². The van der Waals surface area contributed by atoms with Gasteiger partial charge in [0.1, 0.15) is 0 Å². The van der Waals surface area contributed by atoms with Crippen molar-refractivity contribution in [3.05, 3.63) is 29.8 Å². The van der Waals surface area contributed by atoms with Gasteiger partial charge < -0.3 is 5.32 Å². The molecule has 0 aliphatic rings. The highest BCUT2D eigenvalue weighted by Gasteiger charge is 2.19. The summed E-state index contributed by atoms with van der Waals surface area (Å²) in [5.41, 5.74) is 1.02. The van der Waals surface area contributed by atoms with E-state index in [9.17, 15) is 13.2 Å². The number of hydrogen-bond donors (Lipinski definition) is 1. The summed E-state index contributed by atoms with van der Waals surface area (Å²) in [5, 5.41) is 2.65. The van der Waals surface area contributed by atoms with Crippen LogP contribution in [0.1, 0.15) is 25.8 Å². The first-order valence-electron chi connectivity index (χ1n) is 5.94. The van der Waals surface area contributed by atoms with Gasteiger partial charge in [0.2, 0.25) is 5.91 Å². The van der Waals surface area contributed by atoms with Crippen LogP contribution in [0, 0.1) is 6.92 Å². The quantitative estimate of drug-likeness (QED) is 0.884. The van der Waals surface area contributed by atoms with E-state index in [1.165, 1.54) is 0 Å². The van der Waals surface area contributed by atoms with E-state index in [0.29, 0.717) is 11.3 Å². The first-order chi connectivity index (χ1) is 8.35. The van der Waals surface area contributed by atoms with Gasteiger partial charge in [0.15, 0.2) is 9.84 Å². The van der Waals surface area contributed by atoms with Crippen LogP contribution in [0.15, 0.2) is 29.2 Å². The zero-order valence-electron chi connectivity index (χ0n) is 10.9. The molecule has 0 unspecified atom stereocenters. The predicted octanol–water partition coefficient (Wildman–Crippen LogP) is 1.68. The van der Waals surface area contributed by atoms with Crippen LogP contribution in [0.2, 0.25) is 0 Å².